The molecular formula is C19H19N3O3S. The van der Waals surface area contributed by atoms with Crippen molar-refractivity contribution >= 4 is 34.4 Å². The number of H-pyrrole nitrogens is 2. The van der Waals surface area contributed by atoms with E-state index in [1.54, 1.807) is 30.0 Å². The zero-order valence-electron chi connectivity index (χ0n) is 14.1. The molecular weight excluding hydrogens is 350 g/mol. The molecule has 4 rings (SSSR count). The van der Waals surface area contributed by atoms with Crippen LogP contribution in [-0.2, 0) is 4.74 Å². The normalized spacial score (nSPS) is 16.8. The van der Waals surface area contributed by atoms with Crippen LogP contribution in [0.2, 0.25) is 0 Å². The Bertz CT molecular complexity index is 989. The lowest BCUT2D eigenvalue weighted by Gasteiger charge is -2.12. The SMILES string of the molecule is O=C(Nc1ccc2[nH]c(=O)[nH]c2c1)c1ccccc1SC[C@@H]1CCCO1. The Kier molecular flexibility index (Phi) is 4.81. The number of amides is 1. The number of anilines is 1. The average Bonchev–Trinajstić information content (AvgIpc) is 3.28. The average molecular weight is 369 g/mol. The van der Waals surface area contributed by atoms with E-state index in [4.69, 9.17) is 4.74 Å². The van der Waals surface area contributed by atoms with Gasteiger partial charge in [-0.25, -0.2) is 4.79 Å². The number of rotatable bonds is 5. The molecule has 1 aliphatic heterocycles. The fourth-order valence-corrected chi connectivity index (χ4v) is 4.17. The summed E-state index contributed by atoms with van der Waals surface area (Å²) >= 11 is 1.65. The Labute approximate surface area is 154 Å². The molecule has 1 aromatic heterocycles. The first-order valence-electron chi connectivity index (χ1n) is 8.56. The van der Waals surface area contributed by atoms with Gasteiger partial charge in [-0.2, -0.15) is 0 Å². The Morgan fingerprint density at radius 1 is 1.19 bits per heavy atom. The molecule has 1 saturated heterocycles. The van der Waals surface area contributed by atoms with Crippen LogP contribution in [0.15, 0.2) is 52.2 Å². The van der Waals surface area contributed by atoms with Crippen molar-refractivity contribution in [3.63, 3.8) is 0 Å². The molecule has 3 aromatic rings. The third kappa shape index (κ3) is 3.68. The highest BCUT2D eigenvalue weighted by atomic mass is 32.2. The monoisotopic (exact) mass is 369 g/mol. The molecule has 134 valence electrons. The molecule has 0 radical (unpaired) electrons. The lowest BCUT2D eigenvalue weighted by atomic mass is 10.2. The zero-order chi connectivity index (χ0) is 17.9. The second-order valence-electron chi connectivity index (χ2n) is 6.24. The fraction of sp³-hybridized carbons (Fsp3) is 0.263. The van der Waals surface area contributed by atoms with Crippen molar-refractivity contribution in [1.29, 1.82) is 0 Å². The molecule has 0 spiro atoms. The van der Waals surface area contributed by atoms with Crippen LogP contribution in [0.5, 0.6) is 0 Å². The van der Waals surface area contributed by atoms with E-state index in [-0.39, 0.29) is 17.7 Å². The lowest BCUT2D eigenvalue weighted by molar-refractivity contribution is 0.102. The van der Waals surface area contributed by atoms with Crippen LogP contribution in [-0.4, -0.2) is 34.3 Å². The van der Waals surface area contributed by atoms with E-state index in [0.717, 1.165) is 30.1 Å². The van der Waals surface area contributed by atoms with Gasteiger partial charge in [0.25, 0.3) is 5.91 Å². The van der Waals surface area contributed by atoms with Gasteiger partial charge in [-0.05, 0) is 43.2 Å². The summed E-state index contributed by atoms with van der Waals surface area (Å²) in [6, 6.07) is 12.9. The van der Waals surface area contributed by atoms with Crippen LogP contribution in [0.25, 0.3) is 11.0 Å². The van der Waals surface area contributed by atoms with Gasteiger partial charge in [0, 0.05) is 22.9 Å². The lowest BCUT2D eigenvalue weighted by Crippen LogP contribution is -2.14. The van der Waals surface area contributed by atoms with Gasteiger partial charge in [0.2, 0.25) is 0 Å². The van der Waals surface area contributed by atoms with E-state index in [9.17, 15) is 9.59 Å². The minimum atomic E-state index is -0.264. The number of benzene rings is 2. The van der Waals surface area contributed by atoms with Gasteiger partial charge in [0.05, 0.1) is 22.7 Å². The largest absolute Gasteiger partial charge is 0.377 e. The highest BCUT2D eigenvalue weighted by molar-refractivity contribution is 7.99. The molecule has 2 heterocycles. The minimum absolute atomic E-state index is 0.169. The summed E-state index contributed by atoms with van der Waals surface area (Å²) in [7, 11) is 0. The van der Waals surface area contributed by atoms with Crippen LogP contribution < -0.4 is 11.0 Å². The van der Waals surface area contributed by atoms with E-state index in [1.165, 1.54) is 0 Å². The number of carbonyl (C=O) groups is 1. The Morgan fingerprint density at radius 2 is 2.04 bits per heavy atom. The number of hydrogen-bond donors (Lipinski definition) is 3. The summed E-state index contributed by atoms with van der Waals surface area (Å²) < 4.78 is 5.66. The van der Waals surface area contributed by atoms with Gasteiger partial charge >= 0.3 is 5.69 Å². The van der Waals surface area contributed by atoms with E-state index in [0.29, 0.717) is 22.3 Å². The van der Waals surface area contributed by atoms with E-state index >= 15 is 0 Å². The molecule has 6 nitrogen and oxygen atoms in total. The number of carbonyl (C=O) groups excluding carboxylic acids is 1. The first-order valence-corrected chi connectivity index (χ1v) is 9.54. The van der Waals surface area contributed by atoms with Crippen molar-refractivity contribution < 1.29 is 9.53 Å². The number of aromatic amines is 2. The van der Waals surface area contributed by atoms with E-state index in [1.807, 2.05) is 24.3 Å². The number of fused-ring (bicyclic) bond motifs is 1. The molecule has 1 aliphatic rings. The Morgan fingerprint density at radius 3 is 2.88 bits per heavy atom. The van der Waals surface area contributed by atoms with Gasteiger partial charge in [0.1, 0.15) is 0 Å². The topological polar surface area (TPSA) is 87.0 Å². The summed E-state index contributed by atoms with van der Waals surface area (Å²) in [5.74, 6) is 0.679. The summed E-state index contributed by atoms with van der Waals surface area (Å²) in [4.78, 5) is 30.4. The Hall–Kier alpha value is -2.51. The van der Waals surface area contributed by atoms with Crippen molar-refractivity contribution in [2.24, 2.45) is 0 Å². The highest BCUT2D eigenvalue weighted by Crippen LogP contribution is 2.27. The standard InChI is InChI=1S/C19H19N3O3S/c23-18(20-12-7-8-15-16(10-12)22-19(24)21-15)14-5-1-2-6-17(14)26-11-13-4-3-9-25-13/h1-2,5-8,10,13H,3-4,9,11H2,(H,20,23)(H2,21,22,24)/t13-/m0/s1. The van der Waals surface area contributed by atoms with Crippen molar-refractivity contribution in [1.82, 2.24) is 9.97 Å². The van der Waals surface area contributed by atoms with Gasteiger partial charge < -0.3 is 20.0 Å². The van der Waals surface area contributed by atoms with Crippen molar-refractivity contribution in [3.05, 3.63) is 58.5 Å². The predicted molar refractivity (Wildman–Crippen MR) is 103 cm³/mol. The van der Waals surface area contributed by atoms with Crippen molar-refractivity contribution in [3.8, 4) is 0 Å². The first kappa shape index (κ1) is 16.9. The molecule has 0 unspecified atom stereocenters. The maximum absolute atomic E-state index is 12.7. The second kappa shape index (κ2) is 7.39. The molecule has 0 saturated carbocycles. The molecule has 7 heteroatoms. The van der Waals surface area contributed by atoms with Crippen LogP contribution in [0.3, 0.4) is 0 Å². The molecule has 26 heavy (non-hydrogen) atoms. The number of aromatic nitrogens is 2. The van der Waals surface area contributed by atoms with Crippen molar-refractivity contribution in [2.75, 3.05) is 17.7 Å². The summed E-state index contributed by atoms with van der Waals surface area (Å²) in [5.41, 5.74) is 2.38. The molecule has 1 fully saturated rings. The molecule has 3 N–H and O–H groups in total. The van der Waals surface area contributed by atoms with E-state index < -0.39 is 0 Å². The maximum Gasteiger partial charge on any atom is 0.323 e. The van der Waals surface area contributed by atoms with Gasteiger partial charge in [-0.1, -0.05) is 12.1 Å². The Balaban J connectivity index is 1.50. The van der Waals surface area contributed by atoms with Gasteiger partial charge in [-0.3, -0.25) is 4.79 Å². The highest BCUT2D eigenvalue weighted by Gasteiger charge is 2.18. The quantitative estimate of drug-likeness (QED) is 0.602. The molecule has 0 aliphatic carbocycles. The number of thioether (sulfide) groups is 1. The zero-order valence-corrected chi connectivity index (χ0v) is 14.9. The van der Waals surface area contributed by atoms with Gasteiger partial charge in [-0.15, -0.1) is 11.8 Å². The molecule has 2 aromatic carbocycles. The summed E-state index contributed by atoms with van der Waals surface area (Å²) in [6.07, 6.45) is 2.46. The fourth-order valence-electron chi connectivity index (χ4n) is 3.05. The van der Waals surface area contributed by atoms with Crippen LogP contribution >= 0.6 is 11.8 Å². The summed E-state index contributed by atoms with van der Waals surface area (Å²) in [6.45, 7) is 0.830. The smallest absolute Gasteiger partial charge is 0.323 e. The summed E-state index contributed by atoms with van der Waals surface area (Å²) in [5, 5.41) is 2.91. The third-order valence-electron chi connectivity index (χ3n) is 4.35. The third-order valence-corrected chi connectivity index (χ3v) is 5.56. The van der Waals surface area contributed by atoms with E-state index in [2.05, 4.69) is 15.3 Å². The van der Waals surface area contributed by atoms with Crippen LogP contribution in [0, 0.1) is 0 Å². The van der Waals surface area contributed by atoms with Gasteiger partial charge in [0.15, 0.2) is 0 Å². The van der Waals surface area contributed by atoms with Crippen LogP contribution in [0.1, 0.15) is 23.2 Å². The van der Waals surface area contributed by atoms with Crippen molar-refractivity contribution in [2.45, 2.75) is 23.8 Å². The maximum atomic E-state index is 12.7. The minimum Gasteiger partial charge on any atom is -0.377 e. The van der Waals surface area contributed by atoms with Crippen LogP contribution in [0.4, 0.5) is 5.69 Å². The number of ether oxygens (including phenoxy) is 1. The number of hydrogen-bond acceptors (Lipinski definition) is 4. The number of imidazole rings is 1. The number of nitrogens with one attached hydrogen (secondary N) is 3. The molecule has 1 atom stereocenters. The predicted octanol–water partition coefficient (Wildman–Crippen LogP) is 3.38. The molecule has 1 amide bonds. The second-order valence-corrected chi connectivity index (χ2v) is 7.30. The molecule has 0 bridgehead atoms. The first-order chi connectivity index (χ1) is 12.7.